The maximum Gasteiger partial charge on any atom is 0.145 e. The van der Waals surface area contributed by atoms with E-state index in [-0.39, 0.29) is 6.61 Å². The van der Waals surface area contributed by atoms with E-state index in [9.17, 15) is 5.11 Å². The number of aliphatic hydroxyl groups is 2. The van der Waals surface area contributed by atoms with Gasteiger partial charge in [0.15, 0.2) is 0 Å². The first kappa shape index (κ1) is 10.3. The molecule has 0 spiro atoms. The van der Waals surface area contributed by atoms with E-state index in [0.717, 1.165) is 18.4 Å². The molecule has 2 heteroatoms. The van der Waals surface area contributed by atoms with Crippen molar-refractivity contribution in [2.24, 2.45) is 0 Å². The third kappa shape index (κ3) is 3.63. The van der Waals surface area contributed by atoms with Crippen molar-refractivity contribution in [3.8, 4) is 11.8 Å². The Morgan fingerprint density at radius 3 is 2.85 bits per heavy atom. The molecule has 1 unspecified atom stereocenters. The molecule has 1 aliphatic rings. The second kappa shape index (κ2) is 4.45. The van der Waals surface area contributed by atoms with E-state index < -0.39 is 5.60 Å². The zero-order valence-electron chi connectivity index (χ0n) is 8.01. The quantitative estimate of drug-likeness (QED) is 0.596. The van der Waals surface area contributed by atoms with Gasteiger partial charge in [-0.3, -0.25) is 0 Å². The molecule has 0 saturated heterocycles. The van der Waals surface area contributed by atoms with Gasteiger partial charge in [-0.2, -0.15) is 0 Å². The molecule has 0 aromatic heterocycles. The van der Waals surface area contributed by atoms with E-state index in [0.29, 0.717) is 0 Å². The molecule has 0 radical (unpaired) electrons. The summed E-state index contributed by atoms with van der Waals surface area (Å²) in [7, 11) is 0. The SMILES string of the molecule is CC(O)(C#CC1=CCCCC1)CO. The number of hydrogen-bond acceptors (Lipinski definition) is 2. The molecule has 72 valence electrons. The van der Waals surface area contributed by atoms with Crippen LogP contribution in [0.1, 0.15) is 32.6 Å². The standard InChI is InChI=1S/C11H16O2/c1-11(13,9-12)8-7-10-5-3-2-4-6-10/h5,12-13H,2-4,6,9H2,1H3. The van der Waals surface area contributed by atoms with Crippen molar-refractivity contribution < 1.29 is 10.2 Å². The summed E-state index contributed by atoms with van der Waals surface area (Å²) in [5, 5.41) is 18.2. The van der Waals surface area contributed by atoms with Crippen LogP contribution in [0.15, 0.2) is 11.6 Å². The Labute approximate surface area is 79.3 Å². The topological polar surface area (TPSA) is 40.5 Å². The van der Waals surface area contributed by atoms with Gasteiger partial charge in [-0.1, -0.05) is 17.9 Å². The van der Waals surface area contributed by atoms with Gasteiger partial charge in [0, 0.05) is 0 Å². The van der Waals surface area contributed by atoms with Crippen molar-refractivity contribution >= 4 is 0 Å². The van der Waals surface area contributed by atoms with Gasteiger partial charge in [0.2, 0.25) is 0 Å². The van der Waals surface area contributed by atoms with Gasteiger partial charge >= 0.3 is 0 Å². The molecule has 0 aromatic carbocycles. The number of aliphatic hydroxyl groups excluding tert-OH is 1. The lowest BCUT2D eigenvalue weighted by molar-refractivity contribution is 0.0518. The molecule has 0 fully saturated rings. The van der Waals surface area contributed by atoms with Crippen molar-refractivity contribution in [1.29, 1.82) is 0 Å². The average Bonchev–Trinajstić information content (AvgIpc) is 2.17. The van der Waals surface area contributed by atoms with Crippen molar-refractivity contribution in [2.75, 3.05) is 6.61 Å². The number of rotatable bonds is 1. The van der Waals surface area contributed by atoms with Gasteiger partial charge in [0.1, 0.15) is 5.60 Å². The predicted molar refractivity (Wildman–Crippen MR) is 52.0 cm³/mol. The van der Waals surface area contributed by atoms with E-state index in [2.05, 4.69) is 17.9 Å². The van der Waals surface area contributed by atoms with Crippen molar-refractivity contribution in [3.05, 3.63) is 11.6 Å². The maximum absolute atomic E-state index is 9.40. The largest absolute Gasteiger partial charge is 0.392 e. The fourth-order valence-electron chi connectivity index (χ4n) is 1.21. The van der Waals surface area contributed by atoms with Crippen LogP contribution in [0.3, 0.4) is 0 Å². The molecule has 13 heavy (non-hydrogen) atoms. The lowest BCUT2D eigenvalue weighted by atomic mass is 9.99. The Morgan fingerprint density at radius 2 is 2.31 bits per heavy atom. The van der Waals surface area contributed by atoms with Crippen LogP contribution in [0.4, 0.5) is 0 Å². The summed E-state index contributed by atoms with van der Waals surface area (Å²) < 4.78 is 0. The van der Waals surface area contributed by atoms with E-state index in [1.54, 1.807) is 0 Å². The summed E-state index contributed by atoms with van der Waals surface area (Å²) >= 11 is 0. The third-order valence-electron chi connectivity index (χ3n) is 2.09. The van der Waals surface area contributed by atoms with Gasteiger partial charge < -0.3 is 10.2 Å². The van der Waals surface area contributed by atoms with Crippen LogP contribution < -0.4 is 0 Å². The van der Waals surface area contributed by atoms with Crippen molar-refractivity contribution in [2.45, 2.75) is 38.2 Å². The normalized spacial score (nSPS) is 21.0. The highest BCUT2D eigenvalue weighted by Crippen LogP contribution is 2.16. The van der Waals surface area contributed by atoms with Crippen LogP contribution in [-0.4, -0.2) is 22.4 Å². The molecular formula is C11H16O2. The minimum Gasteiger partial charge on any atom is -0.392 e. The summed E-state index contributed by atoms with van der Waals surface area (Å²) in [4.78, 5) is 0. The third-order valence-corrected chi connectivity index (χ3v) is 2.09. The smallest absolute Gasteiger partial charge is 0.145 e. The Morgan fingerprint density at radius 1 is 1.54 bits per heavy atom. The highest BCUT2D eigenvalue weighted by molar-refractivity contribution is 5.32. The number of hydrogen-bond donors (Lipinski definition) is 2. The van der Waals surface area contributed by atoms with Gasteiger partial charge in [-0.15, -0.1) is 0 Å². The minimum atomic E-state index is -1.25. The summed E-state index contributed by atoms with van der Waals surface area (Å²) in [6.07, 6.45) is 6.63. The second-order valence-electron chi connectivity index (χ2n) is 3.66. The zero-order chi connectivity index (χ0) is 9.73. The summed E-state index contributed by atoms with van der Waals surface area (Å²) in [6, 6.07) is 0. The molecular weight excluding hydrogens is 164 g/mol. The van der Waals surface area contributed by atoms with Crippen molar-refractivity contribution in [1.82, 2.24) is 0 Å². The first-order valence-electron chi connectivity index (χ1n) is 4.69. The van der Waals surface area contributed by atoms with E-state index in [1.807, 2.05) is 0 Å². The van der Waals surface area contributed by atoms with Gasteiger partial charge in [0.25, 0.3) is 0 Å². The van der Waals surface area contributed by atoms with Crippen LogP contribution in [0.25, 0.3) is 0 Å². The second-order valence-corrected chi connectivity index (χ2v) is 3.66. The molecule has 0 aliphatic heterocycles. The number of allylic oxidation sites excluding steroid dienone is 2. The fourth-order valence-corrected chi connectivity index (χ4v) is 1.21. The zero-order valence-corrected chi connectivity index (χ0v) is 8.01. The fraction of sp³-hybridized carbons (Fsp3) is 0.636. The van der Waals surface area contributed by atoms with Crippen LogP contribution in [-0.2, 0) is 0 Å². The molecule has 0 aromatic rings. The Bertz CT molecular complexity index is 253. The Balaban J connectivity index is 2.60. The van der Waals surface area contributed by atoms with Crippen LogP contribution >= 0.6 is 0 Å². The average molecular weight is 180 g/mol. The molecule has 0 amide bonds. The molecule has 1 aliphatic carbocycles. The first-order chi connectivity index (χ1) is 6.14. The molecule has 1 atom stereocenters. The van der Waals surface area contributed by atoms with Crippen LogP contribution in [0.5, 0.6) is 0 Å². The summed E-state index contributed by atoms with van der Waals surface area (Å²) in [5.41, 5.74) is -0.155. The molecule has 0 saturated carbocycles. The molecule has 1 rings (SSSR count). The van der Waals surface area contributed by atoms with Gasteiger partial charge in [-0.05, 0) is 38.2 Å². The Hall–Kier alpha value is -0.780. The van der Waals surface area contributed by atoms with E-state index in [1.165, 1.54) is 19.8 Å². The van der Waals surface area contributed by atoms with Crippen molar-refractivity contribution in [3.63, 3.8) is 0 Å². The maximum atomic E-state index is 9.40. The summed E-state index contributed by atoms with van der Waals surface area (Å²) in [6.45, 7) is 1.21. The summed E-state index contributed by atoms with van der Waals surface area (Å²) in [5.74, 6) is 5.58. The minimum absolute atomic E-state index is 0.312. The lowest BCUT2D eigenvalue weighted by Crippen LogP contribution is -2.26. The molecule has 2 nitrogen and oxygen atoms in total. The predicted octanol–water partition coefficient (Wildman–Crippen LogP) is 1.23. The van der Waals surface area contributed by atoms with Gasteiger partial charge in [-0.25, -0.2) is 0 Å². The van der Waals surface area contributed by atoms with Crippen LogP contribution in [0, 0.1) is 11.8 Å². The van der Waals surface area contributed by atoms with E-state index in [4.69, 9.17) is 5.11 Å². The highest BCUT2D eigenvalue weighted by Gasteiger charge is 2.14. The van der Waals surface area contributed by atoms with E-state index >= 15 is 0 Å². The molecule has 0 heterocycles. The molecule has 2 N–H and O–H groups in total. The molecule has 0 bridgehead atoms. The van der Waals surface area contributed by atoms with Gasteiger partial charge in [0.05, 0.1) is 6.61 Å². The highest BCUT2D eigenvalue weighted by atomic mass is 16.3. The lowest BCUT2D eigenvalue weighted by Gasteiger charge is -2.12. The first-order valence-corrected chi connectivity index (χ1v) is 4.69. The Kier molecular flexibility index (Phi) is 3.53. The van der Waals surface area contributed by atoms with Crippen LogP contribution in [0.2, 0.25) is 0 Å². The monoisotopic (exact) mass is 180 g/mol.